The summed E-state index contributed by atoms with van der Waals surface area (Å²) in [5.74, 6) is -0.935. The van der Waals surface area contributed by atoms with E-state index in [1.807, 2.05) is 0 Å². The van der Waals surface area contributed by atoms with Crippen LogP contribution in [0.2, 0.25) is 5.02 Å². The lowest BCUT2D eigenvalue weighted by Gasteiger charge is -2.08. The maximum atomic E-state index is 10.8. The molecule has 0 aliphatic heterocycles. The van der Waals surface area contributed by atoms with Gasteiger partial charge in [-0.15, -0.1) is 11.8 Å². The third-order valence-corrected chi connectivity index (χ3v) is 3.29. The van der Waals surface area contributed by atoms with E-state index in [9.17, 15) is 14.9 Å². The molecule has 0 aromatic heterocycles. The number of halogens is 1. The number of rotatable bonds is 5. The summed E-state index contributed by atoms with van der Waals surface area (Å²) in [5, 5.41) is 19.5. The van der Waals surface area contributed by atoms with E-state index in [2.05, 4.69) is 0 Å². The highest BCUT2D eigenvalue weighted by Gasteiger charge is 2.18. The van der Waals surface area contributed by atoms with Crippen molar-refractivity contribution >= 4 is 35.0 Å². The third-order valence-electron chi connectivity index (χ3n) is 1.91. The molecule has 0 fully saturated rings. The van der Waals surface area contributed by atoms with Crippen molar-refractivity contribution in [1.82, 2.24) is 0 Å². The molecular formula is C10H10ClNO4S. The third kappa shape index (κ3) is 4.24. The Morgan fingerprint density at radius 2 is 2.29 bits per heavy atom. The lowest BCUT2D eigenvalue weighted by Crippen LogP contribution is -2.05. The number of aliphatic carboxylic acids is 1. The second-order valence-corrected chi connectivity index (χ2v) is 5.31. The van der Waals surface area contributed by atoms with Crippen molar-refractivity contribution in [3.8, 4) is 0 Å². The van der Waals surface area contributed by atoms with E-state index in [1.54, 1.807) is 6.92 Å². The summed E-state index contributed by atoms with van der Waals surface area (Å²) in [6.45, 7) is 1.70. The summed E-state index contributed by atoms with van der Waals surface area (Å²) in [6, 6.07) is 4.23. The maximum Gasteiger partial charge on any atom is 0.304 e. The van der Waals surface area contributed by atoms with Crippen molar-refractivity contribution in [3.63, 3.8) is 0 Å². The number of nitro benzene ring substituents is 1. The normalized spacial score (nSPS) is 12.1. The summed E-state index contributed by atoms with van der Waals surface area (Å²) in [4.78, 5) is 21.2. The SMILES string of the molecule is CC(CC(=O)O)Sc1cc(Cl)ccc1[N+](=O)[O-]. The zero-order valence-corrected chi connectivity index (χ0v) is 10.5. The minimum absolute atomic E-state index is 0.0587. The van der Waals surface area contributed by atoms with Gasteiger partial charge in [0.2, 0.25) is 0 Å². The van der Waals surface area contributed by atoms with Crippen LogP contribution in [0, 0.1) is 10.1 Å². The molecule has 7 heteroatoms. The Balaban J connectivity index is 2.92. The Labute approximate surface area is 107 Å². The molecule has 1 aromatic rings. The molecule has 1 atom stereocenters. The fraction of sp³-hybridized carbons (Fsp3) is 0.300. The predicted octanol–water partition coefficient (Wildman–Crippen LogP) is 3.20. The standard InChI is InChI=1S/C10H10ClNO4S/c1-6(4-10(13)14)17-9-5-7(11)2-3-8(9)12(15)16/h2-3,5-6H,4H2,1H3,(H,13,14). The molecule has 1 aromatic carbocycles. The van der Waals surface area contributed by atoms with Crippen LogP contribution in [0.4, 0.5) is 5.69 Å². The largest absolute Gasteiger partial charge is 0.481 e. The Kier molecular flexibility index (Phi) is 4.77. The molecule has 0 aliphatic rings. The van der Waals surface area contributed by atoms with Crippen LogP contribution in [0.25, 0.3) is 0 Å². The van der Waals surface area contributed by atoms with E-state index in [0.717, 1.165) is 11.8 Å². The van der Waals surface area contributed by atoms with E-state index < -0.39 is 10.9 Å². The smallest absolute Gasteiger partial charge is 0.304 e. The molecule has 1 N–H and O–H groups in total. The number of hydrogen-bond acceptors (Lipinski definition) is 4. The van der Waals surface area contributed by atoms with Crippen LogP contribution in [-0.4, -0.2) is 21.2 Å². The molecule has 0 aliphatic carbocycles. The Morgan fingerprint density at radius 3 is 2.82 bits per heavy atom. The molecule has 0 heterocycles. The van der Waals surface area contributed by atoms with Crippen molar-refractivity contribution in [2.75, 3.05) is 0 Å². The van der Waals surface area contributed by atoms with Gasteiger partial charge >= 0.3 is 5.97 Å². The van der Waals surface area contributed by atoms with Gasteiger partial charge in [-0.25, -0.2) is 0 Å². The van der Waals surface area contributed by atoms with E-state index in [-0.39, 0.29) is 17.4 Å². The molecule has 0 radical (unpaired) electrons. The van der Waals surface area contributed by atoms with Gasteiger partial charge in [0.1, 0.15) is 0 Å². The number of carboxylic acid groups (broad SMARTS) is 1. The number of nitrogens with zero attached hydrogens (tertiary/aromatic N) is 1. The maximum absolute atomic E-state index is 10.8. The first-order valence-corrected chi connectivity index (χ1v) is 5.98. The van der Waals surface area contributed by atoms with Gasteiger partial charge in [0.15, 0.2) is 0 Å². The van der Waals surface area contributed by atoms with Gasteiger partial charge < -0.3 is 5.11 Å². The summed E-state index contributed by atoms with van der Waals surface area (Å²) in [6.07, 6.45) is -0.0612. The number of thioether (sulfide) groups is 1. The van der Waals surface area contributed by atoms with E-state index in [1.165, 1.54) is 18.2 Å². The van der Waals surface area contributed by atoms with Crippen LogP contribution in [0.1, 0.15) is 13.3 Å². The highest BCUT2D eigenvalue weighted by molar-refractivity contribution is 8.00. The number of hydrogen-bond donors (Lipinski definition) is 1. The molecule has 1 unspecified atom stereocenters. The van der Waals surface area contributed by atoms with Gasteiger partial charge in [0, 0.05) is 16.3 Å². The first kappa shape index (κ1) is 13.8. The van der Waals surface area contributed by atoms with E-state index in [4.69, 9.17) is 16.7 Å². The highest BCUT2D eigenvalue weighted by Crippen LogP contribution is 2.35. The molecule has 0 amide bonds. The van der Waals surface area contributed by atoms with Crippen molar-refractivity contribution in [2.45, 2.75) is 23.5 Å². The Bertz CT molecular complexity index is 452. The fourth-order valence-corrected chi connectivity index (χ4v) is 2.59. The molecule has 17 heavy (non-hydrogen) atoms. The van der Waals surface area contributed by atoms with Gasteiger partial charge in [-0.2, -0.15) is 0 Å². The monoisotopic (exact) mass is 275 g/mol. The number of nitro groups is 1. The van der Waals surface area contributed by atoms with Crippen molar-refractivity contribution in [3.05, 3.63) is 33.3 Å². The quantitative estimate of drug-likeness (QED) is 0.507. The van der Waals surface area contributed by atoms with Crippen LogP contribution in [0.15, 0.2) is 23.1 Å². The predicted molar refractivity (Wildman–Crippen MR) is 65.7 cm³/mol. The minimum Gasteiger partial charge on any atom is -0.481 e. The molecule has 1 rings (SSSR count). The molecule has 0 saturated heterocycles. The number of benzene rings is 1. The zero-order chi connectivity index (χ0) is 13.0. The fourth-order valence-electron chi connectivity index (χ4n) is 1.24. The van der Waals surface area contributed by atoms with Crippen LogP contribution in [0.5, 0.6) is 0 Å². The van der Waals surface area contributed by atoms with Crippen molar-refractivity contribution < 1.29 is 14.8 Å². The molecule has 0 saturated carbocycles. The van der Waals surface area contributed by atoms with Crippen molar-refractivity contribution in [2.24, 2.45) is 0 Å². The Morgan fingerprint density at radius 1 is 1.65 bits per heavy atom. The molecule has 92 valence electrons. The van der Waals surface area contributed by atoms with Gasteiger partial charge in [-0.05, 0) is 12.1 Å². The second kappa shape index (κ2) is 5.88. The number of carbonyl (C=O) groups is 1. The molecule has 5 nitrogen and oxygen atoms in total. The summed E-state index contributed by atoms with van der Waals surface area (Å²) in [7, 11) is 0. The average Bonchev–Trinajstić information content (AvgIpc) is 2.15. The van der Waals surface area contributed by atoms with E-state index >= 15 is 0 Å². The number of carboxylic acids is 1. The Hall–Kier alpha value is -1.27. The van der Waals surface area contributed by atoms with Gasteiger partial charge in [0.05, 0.1) is 16.2 Å². The average molecular weight is 276 g/mol. The topological polar surface area (TPSA) is 80.4 Å². The molecule has 0 spiro atoms. The molecular weight excluding hydrogens is 266 g/mol. The van der Waals surface area contributed by atoms with Gasteiger partial charge in [-0.3, -0.25) is 14.9 Å². The van der Waals surface area contributed by atoms with E-state index in [0.29, 0.717) is 9.92 Å². The first-order chi connectivity index (χ1) is 7.90. The van der Waals surface area contributed by atoms with Crippen LogP contribution >= 0.6 is 23.4 Å². The van der Waals surface area contributed by atoms with Gasteiger partial charge in [-0.1, -0.05) is 18.5 Å². The van der Waals surface area contributed by atoms with Crippen LogP contribution < -0.4 is 0 Å². The summed E-state index contributed by atoms with van der Waals surface area (Å²) in [5.41, 5.74) is -0.0587. The lowest BCUT2D eigenvalue weighted by atomic mass is 10.3. The second-order valence-electron chi connectivity index (χ2n) is 3.40. The lowest BCUT2D eigenvalue weighted by molar-refractivity contribution is -0.387. The summed E-state index contributed by atoms with van der Waals surface area (Å²) < 4.78 is 0. The van der Waals surface area contributed by atoms with Crippen LogP contribution in [-0.2, 0) is 4.79 Å². The van der Waals surface area contributed by atoms with Gasteiger partial charge in [0.25, 0.3) is 5.69 Å². The summed E-state index contributed by atoms with van der Waals surface area (Å²) >= 11 is 6.89. The molecule has 0 bridgehead atoms. The highest BCUT2D eigenvalue weighted by atomic mass is 35.5. The minimum atomic E-state index is -0.935. The van der Waals surface area contributed by atoms with Crippen molar-refractivity contribution in [1.29, 1.82) is 0 Å². The zero-order valence-electron chi connectivity index (χ0n) is 8.92. The first-order valence-electron chi connectivity index (χ1n) is 4.72. The van der Waals surface area contributed by atoms with Crippen LogP contribution in [0.3, 0.4) is 0 Å².